The van der Waals surface area contributed by atoms with E-state index >= 15 is 0 Å². The van der Waals surface area contributed by atoms with Crippen molar-refractivity contribution in [3.8, 4) is 6.07 Å². The van der Waals surface area contributed by atoms with Crippen molar-refractivity contribution in [2.75, 3.05) is 19.8 Å². The molecular formula is C29H34ClN3O6S2. The maximum Gasteiger partial charge on any atom is 0.329 e. The van der Waals surface area contributed by atoms with E-state index in [9.17, 15) is 14.4 Å². The van der Waals surface area contributed by atoms with Crippen LogP contribution in [0.15, 0.2) is 36.4 Å². The minimum absolute atomic E-state index is 0.212. The number of carbonyl (C=O) groups is 3. The molecule has 0 amide bonds. The summed E-state index contributed by atoms with van der Waals surface area (Å²) in [5.41, 5.74) is 3.57. The number of rotatable bonds is 6. The second-order valence-electron chi connectivity index (χ2n) is 8.28. The fourth-order valence-corrected chi connectivity index (χ4v) is 4.88. The van der Waals surface area contributed by atoms with Gasteiger partial charge in [-0.2, -0.15) is 14.0 Å². The first kappa shape index (κ1) is 35.6. The van der Waals surface area contributed by atoms with Crippen molar-refractivity contribution < 1.29 is 29.0 Å². The summed E-state index contributed by atoms with van der Waals surface area (Å²) in [6.45, 7) is 11.4. The van der Waals surface area contributed by atoms with Gasteiger partial charge in [0.2, 0.25) is 5.24 Å². The Morgan fingerprint density at radius 1 is 0.951 bits per heavy atom. The van der Waals surface area contributed by atoms with Crippen molar-refractivity contribution in [2.45, 2.75) is 53.9 Å². The van der Waals surface area contributed by atoms with Crippen LogP contribution in [0.3, 0.4) is 0 Å². The number of aliphatic hydroxyl groups excluding tert-OH is 1. The van der Waals surface area contributed by atoms with Crippen LogP contribution in [0.1, 0.15) is 56.1 Å². The number of aryl methyl sites for hydroxylation is 2. The van der Waals surface area contributed by atoms with Gasteiger partial charge in [0.05, 0.1) is 46.5 Å². The summed E-state index contributed by atoms with van der Waals surface area (Å²) >= 11 is 7.35. The maximum atomic E-state index is 11.7. The Balaban J connectivity index is 0.000000336. The molecule has 9 nitrogen and oxygen atoms in total. The maximum absolute atomic E-state index is 11.7. The minimum Gasteiger partial charge on any atom is -0.466 e. The first-order valence-corrected chi connectivity index (χ1v) is 14.6. The van der Waals surface area contributed by atoms with Gasteiger partial charge in [-0.25, -0.2) is 0 Å². The number of ether oxygens (including phenoxy) is 2. The van der Waals surface area contributed by atoms with Gasteiger partial charge >= 0.3 is 11.9 Å². The normalized spacial score (nSPS) is 10.5. The van der Waals surface area contributed by atoms with Crippen LogP contribution in [0, 0.1) is 25.2 Å². The molecule has 2 heterocycles. The molecule has 0 bridgehead atoms. The van der Waals surface area contributed by atoms with E-state index in [1.54, 1.807) is 20.8 Å². The Morgan fingerprint density at radius 3 is 1.95 bits per heavy atom. The molecule has 1 unspecified atom stereocenters. The van der Waals surface area contributed by atoms with Crippen molar-refractivity contribution in [3.63, 3.8) is 0 Å². The van der Waals surface area contributed by atoms with Crippen LogP contribution in [0.5, 0.6) is 0 Å². The third-order valence-corrected chi connectivity index (χ3v) is 6.60. The zero-order valence-corrected chi connectivity index (χ0v) is 26.3. The Labute approximate surface area is 253 Å². The fraction of sp³-hybridized carbons (Fsp3) is 0.379. The van der Waals surface area contributed by atoms with E-state index in [1.807, 2.05) is 44.2 Å². The number of benzene rings is 2. The first-order chi connectivity index (χ1) is 19.5. The molecule has 2 aromatic heterocycles. The molecule has 0 radical (unpaired) electrons. The fourth-order valence-electron chi connectivity index (χ4n) is 3.31. The van der Waals surface area contributed by atoms with Gasteiger partial charge in [-0.15, -0.1) is 0 Å². The topological polar surface area (TPSA) is 139 Å². The number of aliphatic hydroxyl groups is 1. The number of carbonyl (C=O) groups excluding carboxylic acids is 3. The Hall–Kier alpha value is -3.43. The lowest BCUT2D eigenvalue weighted by Crippen LogP contribution is -2.14. The molecular weight excluding hydrogens is 586 g/mol. The number of fused-ring (bicyclic) bond motifs is 2. The molecule has 0 aliphatic rings. The van der Waals surface area contributed by atoms with Gasteiger partial charge in [-0.1, -0.05) is 23.3 Å². The largest absolute Gasteiger partial charge is 0.466 e. The molecule has 0 aliphatic carbocycles. The summed E-state index contributed by atoms with van der Waals surface area (Å²) in [4.78, 5) is 32.3. The molecule has 220 valence electrons. The lowest BCUT2D eigenvalue weighted by molar-refractivity contribution is -0.144. The van der Waals surface area contributed by atoms with Gasteiger partial charge in [-0.05, 0) is 93.6 Å². The van der Waals surface area contributed by atoms with Gasteiger partial charge in [0, 0.05) is 24.3 Å². The monoisotopic (exact) mass is 619 g/mol. The summed E-state index contributed by atoms with van der Waals surface area (Å²) in [6, 6.07) is 14.0. The Morgan fingerprint density at radius 2 is 1.44 bits per heavy atom. The van der Waals surface area contributed by atoms with Crippen LogP contribution in [0.2, 0.25) is 0 Å². The molecule has 2 aromatic carbocycles. The van der Waals surface area contributed by atoms with E-state index in [1.165, 1.54) is 35.6 Å². The average Bonchev–Trinajstić information content (AvgIpc) is 3.49. The van der Waals surface area contributed by atoms with Crippen LogP contribution >= 0.6 is 34.7 Å². The molecule has 4 aromatic rings. The van der Waals surface area contributed by atoms with Gasteiger partial charge in [0.1, 0.15) is 0 Å². The smallest absolute Gasteiger partial charge is 0.329 e. The molecule has 0 saturated heterocycles. The number of nitrogens with zero attached hydrogens (tertiary/aromatic N) is 3. The Kier molecular flexibility index (Phi) is 16.3. The predicted molar refractivity (Wildman–Crippen MR) is 163 cm³/mol. The molecule has 41 heavy (non-hydrogen) atoms. The standard InChI is InChI=1S/C13H12N2O2S.C12H13NO2S.C2H3ClO.C2H6O/c1-3-17-13(16)10(7-14)12-9-6-8(2)4-5-11(9)18-15-12;1-3-15-12(14)7-10-9-6-8(2)4-5-11(9)16-13-10;1-2(3)4;1-2-3/h4-6,10H,3H2,1-2H3;4-6H,3,7H2,1-2H3;1H3;3H,2H2,1H3. The highest BCUT2D eigenvalue weighted by Crippen LogP contribution is 2.29. The first-order valence-electron chi connectivity index (χ1n) is 12.7. The van der Waals surface area contributed by atoms with Gasteiger partial charge in [0.25, 0.3) is 0 Å². The molecule has 4 rings (SSSR count). The van der Waals surface area contributed by atoms with Crippen LogP contribution < -0.4 is 0 Å². The van der Waals surface area contributed by atoms with Gasteiger partial charge in [0.15, 0.2) is 5.92 Å². The lowest BCUT2D eigenvalue weighted by atomic mass is 10.0. The number of aromatic nitrogens is 2. The van der Waals surface area contributed by atoms with E-state index < -0.39 is 11.9 Å². The lowest BCUT2D eigenvalue weighted by Gasteiger charge is -2.06. The quantitative estimate of drug-likeness (QED) is 0.196. The van der Waals surface area contributed by atoms with E-state index in [2.05, 4.69) is 32.5 Å². The second kappa shape index (κ2) is 18.8. The SMILES string of the molecule is CC(=O)Cl.CCO.CCOC(=O)C(C#N)c1nsc2ccc(C)cc12.CCOC(=O)Cc1nsc2ccc(C)cc12. The number of nitriles is 1. The van der Waals surface area contributed by atoms with E-state index in [0.29, 0.717) is 12.3 Å². The number of hydrogen-bond acceptors (Lipinski definition) is 11. The van der Waals surface area contributed by atoms with E-state index in [0.717, 1.165) is 31.4 Å². The molecule has 1 N–H and O–H groups in total. The molecule has 12 heteroatoms. The second-order valence-corrected chi connectivity index (χ2v) is 10.4. The van der Waals surface area contributed by atoms with Crippen molar-refractivity contribution in [1.82, 2.24) is 8.75 Å². The van der Waals surface area contributed by atoms with Crippen LogP contribution in [-0.4, -0.2) is 50.9 Å². The highest BCUT2D eigenvalue weighted by atomic mass is 35.5. The molecule has 1 atom stereocenters. The van der Waals surface area contributed by atoms with E-state index in [4.69, 9.17) is 19.8 Å². The third-order valence-electron chi connectivity index (χ3n) is 4.90. The predicted octanol–water partition coefficient (Wildman–Crippen LogP) is 6.26. The third kappa shape index (κ3) is 11.9. The van der Waals surface area contributed by atoms with E-state index in [-0.39, 0.29) is 30.8 Å². The zero-order chi connectivity index (χ0) is 30.9. The number of halogens is 1. The molecule has 0 aliphatic heterocycles. The number of esters is 2. The van der Waals surface area contributed by atoms with Gasteiger partial charge < -0.3 is 14.6 Å². The van der Waals surface area contributed by atoms with Crippen molar-refractivity contribution in [1.29, 1.82) is 5.26 Å². The van der Waals surface area contributed by atoms with Crippen molar-refractivity contribution in [3.05, 3.63) is 58.9 Å². The highest BCUT2D eigenvalue weighted by Gasteiger charge is 2.26. The van der Waals surface area contributed by atoms with Crippen LogP contribution in [0.4, 0.5) is 0 Å². The summed E-state index contributed by atoms with van der Waals surface area (Å²) < 4.78 is 20.4. The molecule has 0 spiro atoms. The zero-order valence-electron chi connectivity index (χ0n) is 23.9. The van der Waals surface area contributed by atoms with Crippen molar-refractivity contribution >= 4 is 72.0 Å². The van der Waals surface area contributed by atoms with Gasteiger partial charge in [-0.3, -0.25) is 14.4 Å². The average molecular weight is 620 g/mol. The highest BCUT2D eigenvalue weighted by molar-refractivity contribution is 7.13. The summed E-state index contributed by atoms with van der Waals surface area (Å²) in [5.74, 6) is -1.69. The summed E-state index contributed by atoms with van der Waals surface area (Å²) in [7, 11) is 0. The van der Waals surface area contributed by atoms with Crippen LogP contribution in [0.25, 0.3) is 20.2 Å². The molecule has 0 saturated carbocycles. The van der Waals surface area contributed by atoms with Crippen LogP contribution in [-0.2, 0) is 30.3 Å². The summed E-state index contributed by atoms with van der Waals surface area (Å²) in [6.07, 6.45) is 0.261. The Bertz CT molecular complexity index is 1470. The summed E-state index contributed by atoms with van der Waals surface area (Å²) in [5, 5.41) is 18.3. The number of hydrogen-bond donors (Lipinski definition) is 1. The van der Waals surface area contributed by atoms with Crippen molar-refractivity contribution in [2.24, 2.45) is 0 Å². The molecule has 0 fully saturated rings. The minimum atomic E-state index is -0.944.